The van der Waals surface area contributed by atoms with Gasteiger partial charge in [-0.15, -0.1) is 0 Å². The molecule has 0 atom stereocenters. The number of aryl methyl sites for hydroxylation is 1. The van der Waals surface area contributed by atoms with Crippen LogP contribution in [0.2, 0.25) is 5.15 Å². The van der Waals surface area contributed by atoms with Crippen molar-refractivity contribution in [1.29, 1.82) is 0 Å². The van der Waals surface area contributed by atoms with E-state index in [2.05, 4.69) is 14.9 Å². The number of aromatic nitrogens is 2. The summed E-state index contributed by atoms with van der Waals surface area (Å²) < 4.78 is 5.00. The van der Waals surface area contributed by atoms with Gasteiger partial charge in [0.15, 0.2) is 0 Å². The summed E-state index contributed by atoms with van der Waals surface area (Å²) >= 11 is 5.87. The van der Waals surface area contributed by atoms with Crippen molar-refractivity contribution in [3.63, 3.8) is 0 Å². The first-order valence-corrected chi connectivity index (χ1v) is 5.67. The number of methoxy groups -OCH3 is 1. The van der Waals surface area contributed by atoms with E-state index in [-0.39, 0.29) is 0 Å². The predicted molar refractivity (Wildman–Crippen MR) is 64.6 cm³/mol. The molecule has 16 heavy (non-hydrogen) atoms. The van der Waals surface area contributed by atoms with E-state index in [4.69, 9.17) is 16.3 Å². The monoisotopic (exact) mass is 243 g/mol. The molecular formula is C11H18ClN3O. The highest BCUT2D eigenvalue weighted by Crippen LogP contribution is 2.07. The summed E-state index contributed by atoms with van der Waals surface area (Å²) in [6, 6.07) is 1.76. The van der Waals surface area contributed by atoms with Crippen molar-refractivity contribution in [2.45, 2.75) is 19.9 Å². The Morgan fingerprint density at radius 2 is 2.19 bits per heavy atom. The molecule has 0 N–H and O–H groups in total. The first-order valence-electron chi connectivity index (χ1n) is 5.29. The number of nitrogens with zero attached hydrogens (tertiary/aromatic N) is 3. The average Bonchev–Trinajstić information content (AvgIpc) is 2.16. The molecule has 0 fully saturated rings. The van der Waals surface area contributed by atoms with Gasteiger partial charge in [-0.1, -0.05) is 11.6 Å². The fourth-order valence-electron chi connectivity index (χ4n) is 1.46. The van der Waals surface area contributed by atoms with E-state index >= 15 is 0 Å². The highest BCUT2D eigenvalue weighted by molar-refractivity contribution is 6.29. The SMILES string of the molecule is COCCCN(C)Cc1nc(C)cc(Cl)n1. The van der Waals surface area contributed by atoms with Crippen molar-refractivity contribution in [3.8, 4) is 0 Å². The van der Waals surface area contributed by atoms with E-state index < -0.39 is 0 Å². The zero-order chi connectivity index (χ0) is 12.0. The molecule has 4 nitrogen and oxygen atoms in total. The van der Waals surface area contributed by atoms with Gasteiger partial charge in [0, 0.05) is 26.0 Å². The van der Waals surface area contributed by atoms with E-state index in [9.17, 15) is 0 Å². The molecule has 0 aromatic carbocycles. The first kappa shape index (κ1) is 13.4. The van der Waals surface area contributed by atoms with Crippen LogP contribution >= 0.6 is 11.6 Å². The Kier molecular flexibility index (Phi) is 5.66. The molecular weight excluding hydrogens is 226 g/mol. The number of ether oxygens (including phenoxy) is 1. The summed E-state index contributed by atoms with van der Waals surface area (Å²) in [4.78, 5) is 10.7. The third-order valence-electron chi connectivity index (χ3n) is 2.17. The highest BCUT2D eigenvalue weighted by Gasteiger charge is 2.04. The van der Waals surface area contributed by atoms with Crippen molar-refractivity contribution in [3.05, 3.63) is 22.7 Å². The Bertz CT molecular complexity index is 313. The molecule has 0 unspecified atom stereocenters. The second kappa shape index (κ2) is 6.78. The average molecular weight is 244 g/mol. The molecule has 1 heterocycles. The summed E-state index contributed by atoms with van der Waals surface area (Å²) in [5, 5.41) is 0.507. The van der Waals surface area contributed by atoms with Crippen LogP contribution in [0.15, 0.2) is 6.07 Å². The molecule has 1 aromatic heterocycles. The molecule has 0 radical (unpaired) electrons. The maximum Gasteiger partial charge on any atom is 0.144 e. The second-order valence-electron chi connectivity index (χ2n) is 3.83. The van der Waals surface area contributed by atoms with Crippen LogP contribution in [0.1, 0.15) is 17.9 Å². The smallest absolute Gasteiger partial charge is 0.144 e. The zero-order valence-electron chi connectivity index (χ0n) is 10.0. The van der Waals surface area contributed by atoms with Crippen molar-refractivity contribution in [1.82, 2.24) is 14.9 Å². The summed E-state index contributed by atoms with van der Waals surface area (Å²) in [7, 11) is 3.75. The number of hydrogen-bond acceptors (Lipinski definition) is 4. The van der Waals surface area contributed by atoms with Gasteiger partial charge in [-0.05, 0) is 26.5 Å². The van der Waals surface area contributed by atoms with E-state index in [0.717, 1.165) is 31.1 Å². The minimum Gasteiger partial charge on any atom is -0.385 e. The summed E-state index contributed by atoms with van der Waals surface area (Å²) in [6.45, 7) is 4.37. The molecule has 90 valence electrons. The van der Waals surface area contributed by atoms with Gasteiger partial charge < -0.3 is 4.74 Å². The van der Waals surface area contributed by atoms with Gasteiger partial charge in [0.2, 0.25) is 0 Å². The summed E-state index contributed by atoms with van der Waals surface area (Å²) in [6.07, 6.45) is 1.01. The molecule has 1 rings (SSSR count). The minimum absolute atomic E-state index is 0.507. The van der Waals surface area contributed by atoms with Gasteiger partial charge in [0.25, 0.3) is 0 Å². The molecule has 0 aliphatic carbocycles. The topological polar surface area (TPSA) is 38.2 Å². The number of rotatable bonds is 6. The quantitative estimate of drug-likeness (QED) is 0.565. The van der Waals surface area contributed by atoms with Crippen molar-refractivity contribution >= 4 is 11.6 Å². The summed E-state index contributed by atoms with van der Waals surface area (Å²) in [5.74, 6) is 0.768. The van der Waals surface area contributed by atoms with E-state index in [1.807, 2.05) is 14.0 Å². The molecule has 1 aromatic rings. The Hall–Kier alpha value is -0.710. The van der Waals surface area contributed by atoms with Crippen LogP contribution in [0.3, 0.4) is 0 Å². The van der Waals surface area contributed by atoms with Crippen LogP contribution in [-0.4, -0.2) is 42.2 Å². The van der Waals surface area contributed by atoms with Gasteiger partial charge >= 0.3 is 0 Å². The predicted octanol–water partition coefficient (Wildman–Crippen LogP) is 1.91. The lowest BCUT2D eigenvalue weighted by Gasteiger charge is -2.15. The zero-order valence-corrected chi connectivity index (χ0v) is 10.8. The molecule has 0 amide bonds. The van der Waals surface area contributed by atoms with Gasteiger partial charge in [0.1, 0.15) is 11.0 Å². The van der Waals surface area contributed by atoms with E-state index in [1.54, 1.807) is 13.2 Å². The fraction of sp³-hybridized carbons (Fsp3) is 0.636. The highest BCUT2D eigenvalue weighted by atomic mass is 35.5. The van der Waals surface area contributed by atoms with Gasteiger partial charge in [-0.25, -0.2) is 9.97 Å². The van der Waals surface area contributed by atoms with Crippen LogP contribution < -0.4 is 0 Å². The lowest BCUT2D eigenvalue weighted by Crippen LogP contribution is -2.21. The third-order valence-corrected chi connectivity index (χ3v) is 2.36. The molecule has 5 heteroatoms. The molecule has 0 spiro atoms. The van der Waals surface area contributed by atoms with Gasteiger partial charge in [-0.2, -0.15) is 0 Å². The van der Waals surface area contributed by atoms with Crippen molar-refractivity contribution < 1.29 is 4.74 Å². The van der Waals surface area contributed by atoms with Crippen LogP contribution in [0.5, 0.6) is 0 Å². The second-order valence-corrected chi connectivity index (χ2v) is 4.22. The number of halogens is 1. The Balaban J connectivity index is 2.45. The van der Waals surface area contributed by atoms with Crippen LogP contribution in [0.4, 0.5) is 0 Å². The fourth-order valence-corrected chi connectivity index (χ4v) is 1.71. The summed E-state index contributed by atoms with van der Waals surface area (Å²) in [5.41, 5.74) is 0.903. The third kappa shape index (κ3) is 4.88. The molecule has 0 saturated carbocycles. The maximum absolute atomic E-state index is 5.87. The van der Waals surface area contributed by atoms with Crippen LogP contribution in [0, 0.1) is 6.92 Å². The largest absolute Gasteiger partial charge is 0.385 e. The van der Waals surface area contributed by atoms with E-state index in [0.29, 0.717) is 11.7 Å². The van der Waals surface area contributed by atoms with Crippen LogP contribution in [-0.2, 0) is 11.3 Å². The first-order chi connectivity index (χ1) is 7.61. The normalized spacial score (nSPS) is 11.1. The minimum atomic E-state index is 0.507. The van der Waals surface area contributed by atoms with Gasteiger partial charge in [0.05, 0.1) is 6.54 Å². The molecule has 0 saturated heterocycles. The molecule has 0 aliphatic rings. The van der Waals surface area contributed by atoms with Gasteiger partial charge in [-0.3, -0.25) is 4.90 Å². The number of hydrogen-bond donors (Lipinski definition) is 0. The Morgan fingerprint density at radius 1 is 1.44 bits per heavy atom. The van der Waals surface area contributed by atoms with E-state index in [1.165, 1.54) is 0 Å². The van der Waals surface area contributed by atoms with Crippen molar-refractivity contribution in [2.24, 2.45) is 0 Å². The maximum atomic E-state index is 5.87. The lowest BCUT2D eigenvalue weighted by atomic mass is 10.4. The standard InChI is InChI=1S/C11H18ClN3O/c1-9-7-10(12)14-11(13-9)8-15(2)5-4-6-16-3/h7H,4-6,8H2,1-3H3. The molecule has 0 aliphatic heterocycles. The Morgan fingerprint density at radius 3 is 2.81 bits per heavy atom. The molecule has 0 bridgehead atoms. The Labute approximate surface area is 102 Å². The van der Waals surface area contributed by atoms with Crippen LogP contribution in [0.25, 0.3) is 0 Å². The lowest BCUT2D eigenvalue weighted by molar-refractivity contribution is 0.177. The van der Waals surface area contributed by atoms with Crippen molar-refractivity contribution in [2.75, 3.05) is 27.3 Å².